The molecule has 0 spiro atoms. The molecule has 2 aromatic rings. The van der Waals surface area contributed by atoms with Gasteiger partial charge in [0.15, 0.2) is 0 Å². The summed E-state index contributed by atoms with van der Waals surface area (Å²) in [6.07, 6.45) is 0.0336. The van der Waals surface area contributed by atoms with Gasteiger partial charge in [-0.05, 0) is 36.6 Å². The van der Waals surface area contributed by atoms with Crippen LogP contribution >= 0.6 is 11.6 Å². The minimum Gasteiger partial charge on any atom is -0.478 e. The van der Waals surface area contributed by atoms with E-state index < -0.39 is 12.2 Å². The summed E-state index contributed by atoms with van der Waals surface area (Å²) in [6, 6.07) is 18.7. The predicted molar refractivity (Wildman–Crippen MR) is 111 cm³/mol. The van der Waals surface area contributed by atoms with Crippen molar-refractivity contribution in [3.63, 3.8) is 0 Å². The standard InChI is InChI=1S/C22H27ClN2O3/c1-2-28-21(22(26)27)25-14-12-24(13-15-25)20(16-17-6-4-3-5-7-17)18-8-10-19(23)11-9-18/h3-11,20-21H,2,12-16H2,1H3,(H,26,27). The van der Waals surface area contributed by atoms with E-state index >= 15 is 0 Å². The fourth-order valence-corrected chi connectivity index (χ4v) is 3.88. The lowest BCUT2D eigenvalue weighted by Gasteiger charge is -2.41. The Morgan fingerprint density at radius 3 is 2.21 bits per heavy atom. The quantitative estimate of drug-likeness (QED) is 0.729. The number of carboxylic acids is 1. The number of nitrogens with zero attached hydrogens (tertiary/aromatic N) is 2. The molecule has 0 aliphatic carbocycles. The Morgan fingerprint density at radius 2 is 1.64 bits per heavy atom. The number of hydrogen-bond acceptors (Lipinski definition) is 4. The normalized spacial score (nSPS) is 17.9. The molecule has 5 nitrogen and oxygen atoms in total. The van der Waals surface area contributed by atoms with Crippen LogP contribution in [0.1, 0.15) is 24.1 Å². The highest BCUT2D eigenvalue weighted by Gasteiger charge is 2.32. The van der Waals surface area contributed by atoms with E-state index in [1.165, 1.54) is 11.1 Å². The number of aliphatic carboxylic acids is 1. The largest absolute Gasteiger partial charge is 0.478 e. The van der Waals surface area contributed by atoms with Crippen LogP contribution in [0, 0.1) is 0 Å². The molecule has 1 aliphatic rings. The molecule has 1 heterocycles. The van der Waals surface area contributed by atoms with Crippen molar-refractivity contribution >= 4 is 17.6 Å². The maximum absolute atomic E-state index is 11.5. The monoisotopic (exact) mass is 402 g/mol. The Morgan fingerprint density at radius 1 is 1.04 bits per heavy atom. The molecule has 1 N–H and O–H groups in total. The summed E-state index contributed by atoms with van der Waals surface area (Å²) in [5.41, 5.74) is 2.50. The molecule has 6 heteroatoms. The molecule has 0 bridgehead atoms. The first kappa shape index (κ1) is 20.8. The number of rotatable bonds is 8. The summed E-state index contributed by atoms with van der Waals surface area (Å²) in [5, 5.41) is 10.2. The van der Waals surface area contributed by atoms with Crippen LogP contribution in [-0.2, 0) is 16.0 Å². The number of hydrogen-bond donors (Lipinski definition) is 1. The van der Waals surface area contributed by atoms with Gasteiger partial charge in [0, 0.05) is 43.9 Å². The lowest BCUT2D eigenvalue weighted by Crippen LogP contribution is -2.54. The number of ether oxygens (including phenoxy) is 1. The average Bonchev–Trinajstić information content (AvgIpc) is 2.72. The Balaban J connectivity index is 1.74. The summed E-state index contributed by atoms with van der Waals surface area (Å²) >= 11 is 6.09. The molecule has 1 saturated heterocycles. The fraction of sp³-hybridized carbons (Fsp3) is 0.409. The average molecular weight is 403 g/mol. The first-order chi connectivity index (χ1) is 13.6. The molecular weight excluding hydrogens is 376 g/mol. The second-order valence-corrected chi connectivity index (χ2v) is 7.41. The molecule has 0 amide bonds. The number of carbonyl (C=O) groups is 1. The van der Waals surface area contributed by atoms with E-state index in [2.05, 4.69) is 41.3 Å². The van der Waals surface area contributed by atoms with Gasteiger partial charge in [0.05, 0.1) is 0 Å². The first-order valence-corrected chi connectivity index (χ1v) is 10.1. The van der Waals surface area contributed by atoms with Crippen molar-refractivity contribution < 1.29 is 14.6 Å². The topological polar surface area (TPSA) is 53.0 Å². The molecule has 3 rings (SSSR count). The highest BCUT2D eigenvalue weighted by Crippen LogP contribution is 2.28. The fourth-order valence-electron chi connectivity index (χ4n) is 3.75. The van der Waals surface area contributed by atoms with Crippen LogP contribution in [0.5, 0.6) is 0 Å². The molecule has 2 atom stereocenters. The van der Waals surface area contributed by atoms with Gasteiger partial charge in [0.1, 0.15) is 0 Å². The SMILES string of the molecule is CCOC(C(=O)O)N1CCN(C(Cc2ccccc2)c2ccc(Cl)cc2)CC1. The minimum absolute atomic E-state index is 0.220. The molecule has 150 valence electrons. The molecule has 2 aromatic carbocycles. The van der Waals surface area contributed by atoms with Crippen molar-refractivity contribution in [3.8, 4) is 0 Å². The Kier molecular flexibility index (Phi) is 7.45. The second kappa shape index (κ2) is 10.0. The van der Waals surface area contributed by atoms with E-state index in [-0.39, 0.29) is 6.04 Å². The third-order valence-electron chi connectivity index (χ3n) is 5.18. The molecule has 28 heavy (non-hydrogen) atoms. The van der Waals surface area contributed by atoms with Crippen molar-refractivity contribution in [1.82, 2.24) is 9.80 Å². The zero-order chi connectivity index (χ0) is 19.9. The summed E-state index contributed by atoms with van der Waals surface area (Å²) in [6.45, 7) is 5.11. The molecule has 1 aliphatic heterocycles. The van der Waals surface area contributed by atoms with Gasteiger partial charge in [-0.25, -0.2) is 4.79 Å². The number of piperazine rings is 1. The number of carboxylic acid groups (broad SMARTS) is 1. The molecule has 0 aromatic heterocycles. The van der Waals surface area contributed by atoms with Gasteiger partial charge in [-0.2, -0.15) is 0 Å². The minimum atomic E-state index is -0.922. The van der Waals surface area contributed by atoms with Crippen LogP contribution in [0.25, 0.3) is 0 Å². The van der Waals surface area contributed by atoms with Crippen molar-refractivity contribution in [2.24, 2.45) is 0 Å². The highest BCUT2D eigenvalue weighted by molar-refractivity contribution is 6.30. The van der Waals surface area contributed by atoms with Crippen molar-refractivity contribution in [2.75, 3.05) is 32.8 Å². The highest BCUT2D eigenvalue weighted by atomic mass is 35.5. The third kappa shape index (κ3) is 5.32. The van der Waals surface area contributed by atoms with Crippen LogP contribution in [-0.4, -0.2) is 59.9 Å². The van der Waals surface area contributed by atoms with Gasteiger partial charge in [0.2, 0.25) is 6.23 Å². The van der Waals surface area contributed by atoms with E-state index in [1.807, 2.05) is 30.0 Å². The van der Waals surface area contributed by atoms with Gasteiger partial charge in [-0.1, -0.05) is 54.1 Å². The van der Waals surface area contributed by atoms with E-state index in [4.69, 9.17) is 16.3 Å². The van der Waals surface area contributed by atoms with Crippen LogP contribution in [0.4, 0.5) is 0 Å². The van der Waals surface area contributed by atoms with Crippen molar-refractivity contribution in [2.45, 2.75) is 25.6 Å². The van der Waals surface area contributed by atoms with Gasteiger partial charge in [-0.3, -0.25) is 9.80 Å². The summed E-state index contributed by atoms with van der Waals surface area (Å²) < 4.78 is 5.43. The molecule has 2 unspecified atom stereocenters. The maximum Gasteiger partial charge on any atom is 0.348 e. The van der Waals surface area contributed by atoms with Gasteiger partial charge in [-0.15, -0.1) is 0 Å². The lowest BCUT2D eigenvalue weighted by molar-refractivity contribution is -0.167. The van der Waals surface area contributed by atoms with E-state index in [9.17, 15) is 9.90 Å². The summed E-state index contributed by atoms with van der Waals surface area (Å²) in [7, 11) is 0. The molecule has 1 fully saturated rings. The van der Waals surface area contributed by atoms with Gasteiger partial charge >= 0.3 is 5.97 Å². The maximum atomic E-state index is 11.5. The summed E-state index contributed by atoms with van der Waals surface area (Å²) in [5.74, 6) is -0.922. The van der Waals surface area contributed by atoms with E-state index in [0.717, 1.165) is 24.5 Å². The molecule has 0 saturated carbocycles. The third-order valence-corrected chi connectivity index (χ3v) is 5.44. The lowest BCUT2D eigenvalue weighted by atomic mass is 9.96. The first-order valence-electron chi connectivity index (χ1n) is 9.70. The van der Waals surface area contributed by atoms with Gasteiger partial charge in [0.25, 0.3) is 0 Å². The predicted octanol–water partition coefficient (Wildman–Crippen LogP) is 3.69. The van der Waals surface area contributed by atoms with Crippen LogP contribution in [0.2, 0.25) is 5.02 Å². The Bertz CT molecular complexity index is 746. The van der Waals surface area contributed by atoms with E-state index in [0.29, 0.717) is 19.7 Å². The number of benzene rings is 2. The zero-order valence-corrected chi connectivity index (χ0v) is 16.9. The van der Waals surface area contributed by atoms with E-state index in [1.54, 1.807) is 0 Å². The molecule has 0 radical (unpaired) electrons. The Labute approximate surface area is 171 Å². The zero-order valence-electron chi connectivity index (χ0n) is 16.1. The van der Waals surface area contributed by atoms with Crippen molar-refractivity contribution in [1.29, 1.82) is 0 Å². The van der Waals surface area contributed by atoms with Gasteiger partial charge < -0.3 is 9.84 Å². The van der Waals surface area contributed by atoms with Crippen LogP contribution in [0.3, 0.4) is 0 Å². The van der Waals surface area contributed by atoms with Crippen LogP contribution < -0.4 is 0 Å². The molecular formula is C22H27ClN2O3. The van der Waals surface area contributed by atoms with Crippen LogP contribution in [0.15, 0.2) is 54.6 Å². The second-order valence-electron chi connectivity index (χ2n) is 6.97. The smallest absolute Gasteiger partial charge is 0.348 e. The number of halogens is 1. The summed E-state index contributed by atoms with van der Waals surface area (Å²) in [4.78, 5) is 15.8. The Hall–Kier alpha value is -1.92. The van der Waals surface area contributed by atoms with Crippen molar-refractivity contribution in [3.05, 3.63) is 70.7 Å².